The number of rotatable bonds is 10. The number of carbonyl (C=O) groups is 1. The Morgan fingerprint density at radius 3 is 2.50 bits per heavy atom. The number of amides is 1. The molecular formula is C27H34N4O3. The number of para-hydroxylation sites is 1. The number of hydrogen-bond donors (Lipinski definition) is 1. The van der Waals surface area contributed by atoms with Gasteiger partial charge in [-0.25, -0.2) is 4.68 Å². The molecule has 0 bridgehead atoms. The highest BCUT2D eigenvalue weighted by Gasteiger charge is 2.27. The summed E-state index contributed by atoms with van der Waals surface area (Å²) in [7, 11) is 1.68. The van der Waals surface area contributed by atoms with E-state index in [1.165, 1.54) is 4.68 Å². The van der Waals surface area contributed by atoms with Crippen molar-refractivity contribution in [1.29, 1.82) is 0 Å². The van der Waals surface area contributed by atoms with Gasteiger partial charge < -0.3 is 10.1 Å². The van der Waals surface area contributed by atoms with Crippen LogP contribution in [0.4, 0.5) is 0 Å². The van der Waals surface area contributed by atoms with Crippen LogP contribution in [0.15, 0.2) is 53.3 Å². The molecule has 1 amide bonds. The zero-order chi connectivity index (χ0) is 23.9. The van der Waals surface area contributed by atoms with Crippen molar-refractivity contribution in [3.8, 4) is 5.75 Å². The summed E-state index contributed by atoms with van der Waals surface area (Å²) in [5, 5.41) is 8.74. The molecule has 0 radical (unpaired) electrons. The SMILES string of the molecule is CCCCCn1nc(C(=O)NCC(c2ccccc2OC)N2CCCC2)c2ccccc2c1=O. The first-order chi connectivity index (χ1) is 16.6. The number of methoxy groups -OCH3 is 1. The van der Waals surface area contributed by atoms with Crippen LogP contribution < -0.4 is 15.6 Å². The van der Waals surface area contributed by atoms with E-state index in [4.69, 9.17) is 4.74 Å². The van der Waals surface area contributed by atoms with Crippen molar-refractivity contribution < 1.29 is 9.53 Å². The van der Waals surface area contributed by atoms with Crippen LogP contribution >= 0.6 is 0 Å². The first-order valence-electron chi connectivity index (χ1n) is 12.3. The second-order valence-corrected chi connectivity index (χ2v) is 8.84. The van der Waals surface area contributed by atoms with E-state index >= 15 is 0 Å². The zero-order valence-electron chi connectivity index (χ0n) is 20.1. The average Bonchev–Trinajstić information content (AvgIpc) is 3.40. The third kappa shape index (κ3) is 5.14. The fraction of sp³-hybridized carbons (Fsp3) is 0.444. The maximum absolute atomic E-state index is 13.4. The maximum atomic E-state index is 13.4. The summed E-state index contributed by atoms with van der Waals surface area (Å²) in [6, 6.07) is 15.2. The molecule has 2 aromatic carbocycles. The molecular weight excluding hydrogens is 428 g/mol. The van der Waals surface area contributed by atoms with Gasteiger partial charge in [-0.2, -0.15) is 5.10 Å². The molecule has 7 heteroatoms. The number of likely N-dealkylation sites (tertiary alicyclic amines) is 1. The Kier molecular flexibility index (Phi) is 7.95. The Morgan fingerprint density at radius 1 is 1.06 bits per heavy atom. The van der Waals surface area contributed by atoms with Crippen molar-refractivity contribution in [3.63, 3.8) is 0 Å². The molecule has 34 heavy (non-hydrogen) atoms. The third-order valence-electron chi connectivity index (χ3n) is 6.59. The Bertz CT molecular complexity index is 1180. The van der Waals surface area contributed by atoms with Gasteiger partial charge in [0, 0.05) is 24.0 Å². The molecule has 1 atom stereocenters. The largest absolute Gasteiger partial charge is 0.496 e. The number of nitrogens with zero attached hydrogens (tertiary/aromatic N) is 3. The van der Waals surface area contributed by atoms with Crippen LogP contribution in [0.3, 0.4) is 0 Å². The quantitative estimate of drug-likeness (QED) is 0.458. The van der Waals surface area contributed by atoms with E-state index in [2.05, 4.69) is 28.3 Å². The predicted molar refractivity (Wildman–Crippen MR) is 134 cm³/mol. The number of benzene rings is 2. The lowest BCUT2D eigenvalue weighted by molar-refractivity contribution is 0.0931. The monoisotopic (exact) mass is 462 g/mol. The van der Waals surface area contributed by atoms with E-state index in [-0.39, 0.29) is 17.5 Å². The highest BCUT2D eigenvalue weighted by Crippen LogP contribution is 2.31. The van der Waals surface area contributed by atoms with Gasteiger partial charge >= 0.3 is 0 Å². The molecule has 3 aromatic rings. The number of carbonyl (C=O) groups excluding carboxylic acids is 1. The first-order valence-corrected chi connectivity index (χ1v) is 12.3. The number of aromatic nitrogens is 2. The summed E-state index contributed by atoms with van der Waals surface area (Å²) in [4.78, 5) is 28.8. The molecule has 0 spiro atoms. The van der Waals surface area contributed by atoms with Gasteiger partial charge in [-0.1, -0.05) is 56.2 Å². The number of ether oxygens (including phenoxy) is 1. The molecule has 2 heterocycles. The molecule has 1 aliphatic rings. The molecule has 1 fully saturated rings. The molecule has 180 valence electrons. The van der Waals surface area contributed by atoms with Gasteiger partial charge in [0.25, 0.3) is 11.5 Å². The molecule has 7 nitrogen and oxygen atoms in total. The van der Waals surface area contributed by atoms with Crippen LogP contribution in [0.25, 0.3) is 10.8 Å². The number of aryl methyl sites for hydroxylation is 1. The van der Waals surface area contributed by atoms with E-state index in [0.717, 1.165) is 56.5 Å². The van der Waals surface area contributed by atoms with Crippen LogP contribution in [-0.4, -0.2) is 47.3 Å². The van der Waals surface area contributed by atoms with E-state index in [1.807, 2.05) is 30.3 Å². The van der Waals surface area contributed by atoms with E-state index < -0.39 is 0 Å². The number of unbranched alkanes of at least 4 members (excludes halogenated alkanes) is 2. The third-order valence-corrected chi connectivity index (χ3v) is 6.59. The van der Waals surface area contributed by atoms with Crippen LogP contribution in [-0.2, 0) is 6.54 Å². The van der Waals surface area contributed by atoms with Crippen molar-refractivity contribution in [3.05, 3.63) is 70.1 Å². The summed E-state index contributed by atoms with van der Waals surface area (Å²) in [5.41, 5.74) is 1.22. The van der Waals surface area contributed by atoms with Crippen molar-refractivity contribution in [2.45, 2.75) is 51.6 Å². The minimum Gasteiger partial charge on any atom is -0.496 e. The number of nitrogens with one attached hydrogen (secondary N) is 1. The molecule has 4 rings (SSSR count). The van der Waals surface area contributed by atoms with Crippen LogP contribution in [0, 0.1) is 0 Å². The van der Waals surface area contributed by atoms with E-state index in [9.17, 15) is 9.59 Å². The van der Waals surface area contributed by atoms with Crippen molar-refractivity contribution in [1.82, 2.24) is 20.0 Å². The first kappa shape index (κ1) is 24.0. The molecule has 1 unspecified atom stereocenters. The lowest BCUT2D eigenvalue weighted by Crippen LogP contribution is -2.38. The summed E-state index contributed by atoms with van der Waals surface area (Å²) >= 11 is 0. The van der Waals surface area contributed by atoms with Crippen LogP contribution in [0.5, 0.6) is 5.75 Å². The van der Waals surface area contributed by atoms with E-state index in [0.29, 0.717) is 29.6 Å². The Morgan fingerprint density at radius 2 is 1.76 bits per heavy atom. The van der Waals surface area contributed by atoms with Gasteiger partial charge in [-0.3, -0.25) is 14.5 Å². The van der Waals surface area contributed by atoms with Crippen molar-refractivity contribution in [2.75, 3.05) is 26.7 Å². The fourth-order valence-electron chi connectivity index (χ4n) is 4.77. The lowest BCUT2D eigenvalue weighted by Gasteiger charge is -2.29. The van der Waals surface area contributed by atoms with Gasteiger partial charge in [-0.05, 0) is 44.5 Å². The van der Waals surface area contributed by atoms with Gasteiger partial charge in [0.2, 0.25) is 0 Å². The second-order valence-electron chi connectivity index (χ2n) is 8.84. The average molecular weight is 463 g/mol. The Balaban J connectivity index is 1.62. The van der Waals surface area contributed by atoms with Crippen LogP contribution in [0.2, 0.25) is 0 Å². The molecule has 1 aromatic heterocycles. The Labute approximate surface area is 200 Å². The summed E-state index contributed by atoms with van der Waals surface area (Å²) in [6.45, 7) is 5.04. The molecule has 1 saturated heterocycles. The number of fused-ring (bicyclic) bond motifs is 1. The summed E-state index contributed by atoms with van der Waals surface area (Å²) < 4.78 is 7.07. The molecule has 0 saturated carbocycles. The van der Waals surface area contributed by atoms with Gasteiger partial charge in [0.15, 0.2) is 5.69 Å². The zero-order valence-corrected chi connectivity index (χ0v) is 20.1. The van der Waals surface area contributed by atoms with Gasteiger partial charge in [0.05, 0.1) is 18.5 Å². The van der Waals surface area contributed by atoms with Gasteiger partial charge in [0.1, 0.15) is 5.75 Å². The highest BCUT2D eigenvalue weighted by molar-refractivity contribution is 6.04. The standard InChI is InChI=1S/C27H34N4O3/c1-3-4-9-18-31-27(33)21-13-6-5-12-20(21)25(29-31)26(32)28-19-23(30-16-10-11-17-30)22-14-7-8-15-24(22)34-2/h5-8,12-15,23H,3-4,9-11,16-19H2,1-2H3,(H,28,32). The number of hydrogen-bond acceptors (Lipinski definition) is 5. The fourth-order valence-corrected chi connectivity index (χ4v) is 4.77. The summed E-state index contributed by atoms with van der Waals surface area (Å²) in [5.74, 6) is 0.557. The van der Waals surface area contributed by atoms with Crippen molar-refractivity contribution in [2.24, 2.45) is 0 Å². The second kappa shape index (κ2) is 11.3. The minimum absolute atomic E-state index is 0.00400. The molecule has 1 aliphatic heterocycles. The maximum Gasteiger partial charge on any atom is 0.274 e. The Hall–Kier alpha value is -3.19. The highest BCUT2D eigenvalue weighted by atomic mass is 16.5. The predicted octanol–water partition coefficient (Wildman–Crippen LogP) is 4.16. The van der Waals surface area contributed by atoms with Crippen LogP contribution in [0.1, 0.15) is 61.1 Å². The lowest BCUT2D eigenvalue weighted by atomic mass is 10.0. The topological polar surface area (TPSA) is 76.5 Å². The van der Waals surface area contributed by atoms with E-state index in [1.54, 1.807) is 19.2 Å². The van der Waals surface area contributed by atoms with Gasteiger partial charge in [-0.15, -0.1) is 0 Å². The normalized spacial score (nSPS) is 14.9. The summed E-state index contributed by atoms with van der Waals surface area (Å²) in [6.07, 6.45) is 5.21. The molecule has 0 aliphatic carbocycles. The van der Waals surface area contributed by atoms with Crippen molar-refractivity contribution >= 4 is 16.7 Å². The molecule has 1 N–H and O–H groups in total. The minimum atomic E-state index is -0.264. The smallest absolute Gasteiger partial charge is 0.274 e.